The summed E-state index contributed by atoms with van der Waals surface area (Å²) >= 11 is 0. The highest BCUT2D eigenvalue weighted by Crippen LogP contribution is 2.19. The lowest BCUT2D eigenvalue weighted by Crippen LogP contribution is -1.91. The molecular weight excluding hydrogens is 179 g/mol. The van der Waals surface area contributed by atoms with E-state index in [2.05, 4.69) is 9.97 Å². The second kappa shape index (κ2) is 3.54. The lowest BCUT2D eigenvalue weighted by atomic mass is 10.1. The van der Waals surface area contributed by atoms with Gasteiger partial charge in [-0.1, -0.05) is 12.1 Å². The largest absolute Gasteiger partial charge is 0.242 e. The van der Waals surface area contributed by atoms with E-state index in [0.29, 0.717) is 17.1 Å². The number of halogens is 1. The quantitative estimate of drug-likeness (QED) is 0.687. The Labute approximate surface area is 81.5 Å². The molecule has 0 bridgehead atoms. The number of aryl methyl sites for hydroxylation is 1. The monoisotopic (exact) mass is 188 g/mol. The second-order valence-electron chi connectivity index (χ2n) is 2.97. The molecule has 0 atom stereocenters. The molecule has 0 saturated heterocycles. The molecule has 0 saturated carbocycles. The first-order valence-corrected chi connectivity index (χ1v) is 4.32. The van der Waals surface area contributed by atoms with Crippen molar-refractivity contribution < 1.29 is 4.39 Å². The van der Waals surface area contributed by atoms with Gasteiger partial charge in [-0.2, -0.15) is 0 Å². The van der Waals surface area contributed by atoms with E-state index in [0.717, 1.165) is 0 Å². The van der Waals surface area contributed by atoms with E-state index in [1.807, 2.05) is 0 Å². The average Bonchev–Trinajstić information content (AvgIpc) is 2.18. The molecule has 3 heteroatoms. The Bertz CT molecular complexity index is 455. The maximum absolute atomic E-state index is 13.3. The van der Waals surface area contributed by atoms with E-state index in [1.165, 1.54) is 6.07 Å². The molecule has 0 amide bonds. The van der Waals surface area contributed by atoms with Gasteiger partial charge in [-0.15, -0.1) is 0 Å². The Morgan fingerprint density at radius 1 is 1.14 bits per heavy atom. The van der Waals surface area contributed by atoms with Crippen molar-refractivity contribution in [3.05, 3.63) is 48.2 Å². The summed E-state index contributed by atoms with van der Waals surface area (Å²) in [6, 6.07) is 8.28. The molecule has 14 heavy (non-hydrogen) atoms. The average molecular weight is 188 g/mol. The molecule has 2 nitrogen and oxygen atoms in total. The van der Waals surface area contributed by atoms with Crippen molar-refractivity contribution in [2.24, 2.45) is 0 Å². The fraction of sp³-hybridized carbons (Fsp3) is 0.0909. The third-order valence-electron chi connectivity index (χ3n) is 1.93. The molecule has 0 aliphatic rings. The summed E-state index contributed by atoms with van der Waals surface area (Å²) in [5, 5.41) is 0. The van der Waals surface area contributed by atoms with E-state index in [1.54, 1.807) is 37.4 Å². The Balaban J connectivity index is 2.55. The normalized spacial score (nSPS) is 10.1. The van der Waals surface area contributed by atoms with E-state index < -0.39 is 0 Å². The topological polar surface area (TPSA) is 25.8 Å². The van der Waals surface area contributed by atoms with Crippen molar-refractivity contribution in [3.8, 4) is 11.3 Å². The van der Waals surface area contributed by atoms with Crippen LogP contribution < -0.4 is 0 Å². The first-order chi connectivity index (χ1) is 6.77. The number of aromatic nitrogens is 2. The van der Waals surface area contributed by atoms with Crippen molar-refractivity contribution in [1.82, 2.24) is 9.97 Å². The molecule has 0 radical (unpaired) electrons. The summed E-state index contributed by atoms with van der Waals surface area (Å²) < 4.78 is 13.3. The first-order valence-electron chi connectivity index (χ1n) is 4.32. The van der Waals surface area contributed by atoms with Crippen LogP contribution in [-0.2, 0) is 0 Å². The van der Waals surface area contributed by atoms with E-state index in [9.17, 15) is 4.39 Å². The predicted octanol–water partition coefficient (Wildman–Crippen LogP) is 2.59. The van der Waals surface area contributed by atoms with Crippen LogP contribution in [0.3, 0.4) is 0 Å². The first kappa shape index (κ1) is 8.81. The van der Waals surface area contributed by atoms with Crippen molar-refractivity contribution in [2.75, 3.05) is 0 Å². The van der Waals surface area contributed by atoms with E-state index in [-0.39, 0.29) is 5.82 Å². The van der Waals surface area contributed by atoms with Gasteiger partial charge in [0.05, 0.1) is 5.69 Å². The van der Waals surface area contributed by atoms with Crippen LogP contribution in [0.5, 0.6) is 0 Å². The maximum atomic E-state index is 13.3. The Hall–Kier alpha value is -1.77. The highest BCUT2D eigenvalue weighted by Gasteiger charge is 2.04. The van der Waals surface area contributed by atoms with Gasteiger partial charge in [0, 0.05) is 11.8 Å². The number of benzene rings is 1. The lowest BCUT2D eigenvalue weighted by Gasteiger charge is -2.01. The van der Waals surface area contributed by atoms with Crippen LogP contribution in [0.2, 0.25) is 0 Å². The second-order valence-corrected chi connectivity index (χ2v) is 2.97. The molecule has 2 rings (SSSR count). The molecule has 2 aromatic rings. The van der Waals surface area contributed by atoms with Crippen LogP contribution in [0.1, 0.15) is 5.82 Å². The van der Waals surface area contributed by atoms with Crippen molar-refractivity contribution in [3.63, 3.8) is 0 Å². The Morgan fingerprint density at radius 3 is 2.64 bits per heavy atom. The fourth-order valence-corrected chi connectivity index (χ4v) is 1.28. The minimum atomic E-state index is -0.259. The molecule has 0 aliphatic heterocycles. The summed E-state index contributed by atoms with van der Waals surface area (Å²) in [7, 11) is 0. The number of hydrogen-bond acceptors (Lipinski definition) is 2. The molecule has 0 fully saturated rings. The van der Waals surface area contributed by atoms with Gasteiger partial charge in [-0.05, 0) is 25.1 Å². The number of rotatable bonds is 1. The summed E-state index contributed by atoms with van der Waals surface area (Å²) in [5.74, 6) is 0.386. The molecule has 0 unspecified atom stereocenters. The van der Waals surface area contributed by atoms with Crippen molar-refractivity contribution in [1.29, 1.82) is 0 Å². The SMILES string of the molecule is Cc1nccc(-c2ccccc2F)n1. The standard InChI is InChI=1S/C11H9FN2/c1-8-13-7-6-11(14-8)9-4-2-3-5-10(9)12/h2-7H,1H3. The van der Waals surface area contributed by atoms with Crippen molar-refractivity contribution >= 4 is 0 Å². The van der Waals surface area contributed by atoms with Crippen molar-refractivity contribution in [2.45, 2.75) is 6.92 Å². The van der Waals surface area contributed by atoms with Crippen LogP contribution in [0.15, 0.2) is 36.5 Å². The fourth-order valence-electron chi connectivity index (χ4n) is 1.28. The van der Waals surface area contributed by atoms with Gasteiger partial charge in [0.1, 0.15) is 11.6 Å². The highest BCUT2D eigenvalue weighted by atomic mass is 19.1. The van der Waals surface area contributed by atoms with Crippen LogP contribution in [-0.4, -0.2) is 9.97 Å². The Kier molecular flexibility index (Phi) is 2.23. The molecule has 0 aliphatic carbocycles. The molecule has 70 valence electrons. The Morgan fingerprint density at radius 2 is 1.93 bits per heavy atom. The van der Waals surface area contributed by atoms with Gasteiger partial charge in [0.25, 0.3) is 0 Å². The lowest BCUT2D eigenvalue weighted by molar-refractivity contribution is 0.630. The summed E-state index contributed by atoms with van der Waals surface area (Å²) in [6.07, 6.45) is 1.63. The molecule has 1 aromatic carbocycles. The van der Waals surface area contributed by atoms with E-state index >= 15 is 0 Å². The van der Waals surface area contributed by atoms with Crippen LogP contribution >= 0.6 is 0 Å². The zero-order valence-corrected chi connectivity index (χ0v) is 7.74. The van der Waals surface area contributed by atoms with Gasteiger partial charge in [0.15, 0.2) is 0 Å². The van der Waals surface area contributed by atoms with Gasteiger partial charge in [-0.3, -0.25) is 0 Å². The van der Waals surface area contributed by atoms with Crippen LogP contribution in [0.4, 0.5) is 4.39 Å². The van der Waals surface area contributed by atoms with Gasteiger partial charge in [0.2, 0.25) is 0 Å². The highest BCUT2D eigenvalue weighted by molar-refractivity contribution is 5.59. The van der Waals surface area contributed by atoms with Gasteiger partial charge in [-0.25, -0.2) is 14.4 Å². The molecule has 0 N–H and O–H groups in total. The smallest absolute Gasteiger partial charge is 0.132 e. The van der Waals surface area contributed by atoms with Crippen LogP contribution in [0, 0.1) is 12.7 Å². The summed E-state index contributed by atoms with van der Waals surface area (Å²) in [5.41, 5.74) is 1.13. The minimum absolute atomic E-state index is 0.259. The zero-order chi connectivity index (χ0) is 9.97. The molecule has 0 spiro atoms. The molecular formula is C11H9FN2. The van der Waals surface area contributed by atoms with Gasteiger partial charge >= 0.3 is 0 Å². The molecule has 1 aromatic heterocycles. The summed E-state index contributed by atoms with van der Waals surface area (Å²) in [6.45, 7) is 1.78. The summed E-state index contributed by atoms with van der Waals surface area (Å²) in [4.78, 5) is 8.11. The number of nitrogens with zero attached hydrogens (tertiary/aromatic N) is 2. The zero-order valence-electron chi connectivity index (χ0n) is 7.74. The van der Waals surface area contributed by atoms with E-state index in [4.69, 9.17) is 0 Å². The maximum Gasteiger partial charge on any atom is 0.132 e. The molecule has 1 heterocycles. The van der Waals surface area contributed by atoms with Crippen LogP contribution in [0.25, 0.3) is 11.3 Å². The van der Waals surface area contributed by atoms with Gasteiger partial charge < -0.3 is 0 Å². The third kappa shape index (κ3) is 1.62. The predicted molar refractivity (Wildman–Crippen MR) is 52.2 cm³/mol. The number of hydrogen-bond donors (Lipinski definition) is 0. The minimum Gasteiger partial charge on any atom is -0.242 e. The third-order valence-corrected chi connectivity index (χ3v) is 1.93.